The highest BCUT2D eigenvalue weighted by Gasteiger charge is 2.25. The van der Waals surface area contributed by atoms with Gasteiger partial charge in [0.05, 0.1) is 11.4 Å². The Bertz CT molecular complexity index is 1130. The summed E-state index contributed by atoms with van der Waals surface area (Å²) in [5.41, 5.74) is 2.01. The van der Waals surface area contributed by atoms with Crippen LogP contribution in [-0.4, -0.2) is 21.3 Å². The Hall–Kier alpha value is -3.32. The summed E-state index contributed by atoms with van der Waals surface area (Å²) in [5, 5.41) is 7.48. The number of carbonyl (C=O) groups is 2. The summed E-state index contributed by atoms with van der Waals surface area (Å²) >= 11 is 1.03. The molecule has 2 heterocycles. The summed E-state index contributed by atoms with van der Waals surface area (Å²) in [6.07, 6.45) is 0.598. The van der Waals surface area contributed by atoms with Gasteiger partial charge in [-0.05, 0) is 30.1 Å². The maximum atomic E-state index is 13.0. The summed E-state index contributed by atoms with van der Waals surface area (Å²) in [6, 6.07) is 16.0. The standard InChI is InChI=1S/C20H15N3O3S/c1-2-14-19(27-23-22-14)20(25)21-16-13-10-6-7-11-15(13)26-18(16)17(24)12-8-4-3-5-9-12/h3-11H,2H2,1H3,(H,21,25). The average Bonchev–Trinajstić information content (AvgIpc) is 3.33. The molecule has 0 bridgehead atoms. The number of furan rings is 1. The Kier molecular flexibility index (Phi) is 4.52. The van der Waals surface area contributed by atoms with E-state index in [0.717, 1.165) is 11.5 Å². The van der Waals surface area contributed by atoms with Crippen LogP contribution < -0.4 is 5.32 Å². The van der Waals surface area contributed by atoms with Crippen LogP contribution in [0.1, 0.15) is 38.4 Å². The molecular formula is C20H15N3O3S. The number of para-hydroxylation sites is 1. The van der Waals surface area contributed by atoms with Gasteiger partial charge < -0.3 is 9.73 Å². The van der Waals surface area contributed by atoms with Gasteiger partial charge in [-0.25, -0.2) is 0 Å². The molecule has 0 aliphatic heterocycles. The predicted octanol–water partition coefficient (Wildman–Crippen LogP) is 4.33. The van der Waals surface area contributed by atoms with Crippen molar-refractivity contribution in [1.82, 2.24) is 9.59 Å². The number of carbonyl (C=O) groups excluding carboxylic acids is 2. The number of fused-ring (bicyclic) bond motifs is 1. The van der Waals surface area contributed by atoms with Gasteiger partial charge in [-0.15, -0.1) is 5.10 Å². The minimum absolute atomic E-state index is 0.103. The minimum Gasteiger partial charge on any atom is -0.450 e. The highest BCUT2D eigenvalue weighted by Crippen LogP contribution is 2.33. The lowest BCUT2D eigenvalue weighted by Crippen LogP contribution is -2.14. The number of amides is 1. The third-order valence-corrected chi connectivity index (χ3v) is 4.94. The SMILES string of the molecule is CCc1nnsc1C(=O)Nc1c(C(=O)c2ccccc2)oc2ccccc12. The predicted molar refractivity (Wildman–Crippen MR) is 103 cm³/mol. The van der Waals surface area contributed by atoms with Crippen molar-refractivity contribution in [2.24, 2.45) is 0 Å². The lowest BCUT2D eigenvalue weighted by Gasteiger charge is -2.05. The Morgan fingerprint density at radius 1 is 1.07 bits per heavy atom. The third kappa shape index (κ3) is 3.13. The van der Waals surface area contributed by atoms with Gasteiger partial charge in [0.15, 0.2) is 5.76 Å². The van der Waals surface area contributed by atoms with E-state index in [-0.39, 0.29) is 17.5 Å². The number of nitrogens with zero attached hydrogens (tertiary/aromatic N) is 2. The molecule has 0 saturated carbocycles. The fraction of sp³-hybridized carbons (Fsp3) is 0.100. The van der Waals surface area contributed by atoms with Gasteiger partial charge in [0.2, 0.25) is 5.78 Å². The van der Waals surface area contributed by atoms with E-state index in [9.17, 15) is 9.59 Å². The number of rotatable bonds is 5. The Morgan fingerprint density at radius 3 is 2.59 bits per heavy atom. The smallest absolute Gasteiger partial charge is 0.269 e. The topological polar surface area (TPSA) is 85.1 Å². The first kappa shape index (κ1) is 17.1. The largest absolute Gasteiger partial charge is 0.450 e. The van der Waals surface area contributed by atoms with Crippen molar-refractivity contribution in [2.75, 3.05) is 5.32 Å². The van der Waals surface area contributed by atoms with Gasteiger partial charge >= 0.3 is 0 Å². The molecule has 0 aliphatic carbocycles. The Morgan fingerprint density at radius 2 is 1.81 bits per heavy atom. The normalized spacial score (nSPS) is 10.9. The molecule has 0 saturated heterocycles. The summed E-state index contributed by atoms with van der Waals surface area (Å²) in [4.78, 5) is 26.2. The number of aromatic nitrogens is 2. The van der Waals surface area contributed by atoms with Crippen molar-refractivity contribution >= 4 is 39.9 Å². The van der Waals surface area contributed by atoms with Crippen LogP contribution in [0.3, 0.4) is 0 Å². The second kappa shape index (κ2) is 7.13. The van der Waals surface area contributed by atoms with Crippen molar-refractivity contribution in [2.45, 2.75) is 13.3 Å². The molecule has 6 nitrogen and oxygen atoms in total. The van der Waals surface area contributed by atoms with Gasteiger partial charge in [-0.1, -0.05) is 53.9 Å². The quantitative estimate of drug-likeness (QED) is 0.523. The molecule has 0 spiro atoms. The van der Waals surface area contributed by atoms with Crippen LogP contribution in [0.5, 0.6) is 0 Å². The van der Waals surface area contributed by atoms with Crippen molar-refractivity contribution in [3.05, 3.63) is 76.5 Å². The fourth-order valence-electron chi connectivity index (χ4n) is 2.83. The molecule has 134 valence electrons. The molecule has 0 radical (unpaired) electrons. The molecule has 4 rings (SSSR count). The lowest BCUT2D eigenvalue weighted by molar-refractivity contribution is 0.101. The summed E-state index contributed by atoms with van der Waals surface area (Å²) in [7, 11) is 0. The molecule has 0 atom stereocenters. The average molecular weight is 377 g/mol. The van der Waals surface area contributed by atoms with E-state index in [1.165, 1.54) is 0 Å². The molecule has 0 fully saturated rings. The lowest BCUT2D eigenvalue weighted by atomic mass is 10.1. The number of anilines is 1. The summed E-state index contributed by atoms with van der Waals surface area (Å²) < 4.78 is 9.65. The van der Waals surface area contributed by atoms with Crippen molar-refractivity contribution < 1.29 is 14.0 Å². The zero-order valence-electron chi connectivity index (χ0n) is 14.4. The van der Waals surface area contributed by atoms with Crippen molar-refractivity contribution in [3.63, 3.8) is 0 Å². The molecule has 1 amide bonds. The van der Waals surface area contributed by atoms with E-state index in [4.69, 9.17) is 4.42 Å². The Labute approximate surface area is 159 Å². The second-order valence-electron chi connectivity index (χ2n) is 5.85. The second-order valence-corrected chi connectivity index (χ2v) is 6.61. The van der Waals surface area contributed by atoms with Gasteiger partial charge in [0, 0.05) is 10.9 Å². The number of benzene rings is 2. The highest BCUT2D eigenvalue weighted by atomic mass is 32.1. The molecule has 7 heteroatoms. The van der Waals surface area contributed by atoms with Crippen LogP contribution in [0.4, 0.5) is 5.69 Å². The minimum atomic E-state index is -0.351. The molecule has 2 aromatic heterocycles. The van der Waals surface area contributed by atoms with Crippen molar-refractivity contribution in [3.8, 4) is 0 Å². The number of hydrogen-bond acceptors (Lipinski definition) is 6. The van der Waals surface area contributed by atoms with Gasteiger partial charge in [0.25, 0.3) is 5.91 Å². The first-order valence-electron chi connectivity index (χ1n) is 8.43. The van der Waals surface area contributed by atoms with E-state index in [0.29, 0.717) is 39.2 Å². The number of ketones is 1. The first-order chi connectivity index (χ1) is 13.2. The molecule has 0 unspecified atom stereocenters. The highest BCUT2D eigenvalue weighted by molar-refractivity contribution is 7.08. The van der Waals surface area contributed by atoms with Gasteiger partial charge in [-0.3, -0.25) is 9.59 Å². The molecule has 0 aliphatic rings. The van der Waals surface area contributed by atoms with Gasteiger partial charge in [0.1, 0.15) is 10.5 Å². The maximum Gasteiger partial charge on any atom is 0.269 e. The molecule has 4 aromatic rings. The summed E-state index contributed by atoms with van der Waals surface area (Å²) in [5.74, 6) is -0.540. The van der Waals surface area contributed by atoms with Crippen molar-refractivity contribution in [1.29, 1.82) is 0 Å². The van der Waals surface area contributed by atoms with Crippen LogP contribution in [-0.2, 0) is 6.42 Å². The van der Waals surface area contributed by atoms with E-state index in [1.54, 1.807) is 30.3 Å². The maximum absolute atomic E-state index is 13.0. The van der Waals surface area contributed by atoms with Gasteiger partial charge in [-0.2, -0.15) is 0 Å². The number of aryl methyl sites for hydroxylation is 1. The molecule has 2 aromatic carbocycles. The first-order valence-corrected chi connectivity index (χ1v) is 9.20. The molecular weight excluding hydrogens is 362 g/mol. The fourth-order valence-corrected chi connectivity index (χ4v) is 3.48. The van der Waals surface area contributed by atoms with E-state index in [1.807, 2.05) is 31.2 Å². The Balaban J connectivity index is 1.79. The number of nitrogens with one attached hydrogen (secondary N) is 1. The van der Waals surface area contributed by atoms with E-state index >= 15 is 0 Å². The summed E-state index contributed by atoms with van der Waals surface area (Å²) in [6.45, 7) is 1.91. The zero-order valence-corrected chi connectivity index (χ0v) is 15.2. The third-order valence-electron chi connectivity index (χ3n) is 4.17. The van der Waals surface area contributed by atoms with Crippen LogP contribution >= 0.6 is 11.5 Å². The van der Waals surface area contributed by atoms with Crippen LogP contribution in [0, 0.1) is 0 Å². The zero-order chi connectivity index (χ0) is 18.8. The molecule has 1 N–H and O–H groups in total. The van der Waals surface area contributed by atoms with E-state index in [2.05, 4.69) is 14.9 Å². The van der Waals surface area contributed by atoms with Crippen LogP contribution in [0.2, 0.25) is 0 Å². The van der Waals surface area contributed by atoms with E-state index < -0.39 is 0 Å². The van der Waals surface area contributed by atoms with Crippen LogP contribution in [0.25, 0.3) is 11.0 Å². The van der Waals surface area contributed by atoms with Crippen LogP contribution in [0.15, 0.2) is 59.0 Å². The molecule has 27 heavy (non-hydrogen) atoms. The number of hydrogen-bond donors (Lipinski definition) is 1. The monoisotopic (exact) mass is 377 g/mol.